The SMILES string of the molecule is C=CCCCCCC(=O)NCCN(CCCO)CCNC(=O)CCCCCC=C. The topological polar surface area (TPSA) is 81.7 Å². The van der Waals surface area contributed by atoms with Gasteiger partial charge in [-0.2, -0.15) is 0 Å². The van der Waals surface area contributed by atoms with E-state index in [9.17, 15) is 9.59 Å². The summed E-state index contributed by atoms with van der Waals surface area (Å²) in [6.45, 7) is 10.9. The Labute approximate surface area is 177 Å². The predicted octanol–water partition coefficient (Wildman–Crippen LogP) is 3.18. The fourth-order valence-electron chi connectivity index (χ4n) is 3.02. The van der Waals surface area contributed by atoms with Crippen LogP contribution in [0.3, 0.4) is 0 Å². The van der Waals surface area contributed by atoms with Gasteiger partial charge in [-0.05, 0) is 44.9 Å². The lowest BCUT2D eigenvalue weighted by Gasteiger charge is -2.22. The first-order chi connectivity index (χ1) is 14.1. The van der Waals surface area contributed by atoms with Gasteiger partial charge in [0, 0.05) is 52.2 Å². The number of hydrogen-bond donors (Lipinski definition) is 3. The first kappa shape index (κ1) is 27.3. The van der Waals surface area contributed by atoms with Gasteiger partial charge in [0.2, 0.25) is 11.8 Å². The molecule has 2 amide bonds. The second-order valence-corrected chi connectivity index (χ2v) is 7.39. The van der Waals surface area contributed by atoms with E-state index in [0.29, 0.717) is 32.4 Å². The molecular weight excluding hydrogens is 366 g/mol. The van der Waals surface area contributed by atoms with Gasteiger partial charge in [-0.1, -0.05) is 25.0 Å². The third-order valence-corrected chi connectivity index (χ3v) is 4.76. The van der Waals surface area contributed by atoms with E-state index in [1.165, 1.54) is 0 Å². The Balaban J connectivity index is 3.89. The normalized spacial score (nSPS) is 10.7. The maximum atomic E-state index is 11.9. The van der Waals surface area contributed by atoms with Gasteiger partial charge in [0.05, 0.1) is 0 Å². The van der Waals surface area contributed by atoms with Gasteiger partial charge >= 0.3 is 0 Å². The van der Waals surface area contributed by atoms with Crippen molar-refractivity contribution in [1.82, 2.24) is 15.5 Å². The van der Waals surface area contributed by atoms with E-state index in [0.717, 1.165) is 71.0 Å². The molecule has 29 heavy (non-hydrogen) atoms. The number of unbranched alkanes of at least 4 members (excludes halogenated alkanes) is 6. The van der Waals surface area contributed by atoms with Gasteiger partial charge in [0.15, 0.2) is 0 Å². The molecule has 0 radical (unpaired) electrons. The first-order valence-corrected chi connectivity index (χ1v) is 11.2. The lowest BCUT2D eigenvalue weighted by atomic mass is 10.1. The van der Waals surface area contributed by atoms with Gasteiger partial charge in [-0.25, -0.2) is 0 Å². The van der Waals surface area contributed by atoms with Crippen LogP contribution in [0.1, 0.15) is 70.6 Å². The largest absolute Gasteiger partial charge is 0.396 e. The highest BCUT2D eigenvalue weighted by Crippen LogP contribution is 2.04. The molecule has 0 heterocycles. The predicted molar refractivity (Wildman–Crippen MR) is 121 cm³/mol. The molecular formula is C23H43N3O3. The van der Waals surface area contributed by atoms with Crippen molar-refractivity contribution in [3.8, 4) is 0 Å². The van der Waals surface area contributed by atoms with E-state index >= 15 is 0 Å². The van der Waals surface area contributed by atoms with Crippen molar-refractivity contribution in [2.75, 3.05) is 39.3 Å². The minimum atomic E-state index is 0.0930. The molecule has 0 spiro atoms. The van der Waals surface area contributed by atoms with Crippen LogP contribution in [0.2, 0.25) is 0 Å². The fourth-order valence-corrected chi connectivity index (χ4v) is 3.02. The molecule has 0 rings (SSSR count). The molecule has 0 aromatic carbocycles. The molecule has 6 heteroatoms. The highest BCUT2D eigenvalue weighted by atomic mass is 16.3. The maximum Gasteiger partial charge on any atom is 0.220 e. The number of aliphatic hydroxyl groups excluding tert-OH is 1. The summed E-state index contributed by atoms with van der Waals surface area (Å²) < 4.78 is 0. The van der Waals surface area contributed by atoms with Crippen LogP contribution in [-0.2, 0) is 9.59 Å². The molecule has 0 atom stereocenters. The van der Waals surface area contributed by atoms with Gasteiger partial charge in [-0.15, -0.1) is 13.2 Å². The molecule has 0 bridgehead atoms. The molecule has 3 N–H and O–H groups in total. The molecule has 0 aliphatic carbocycles. The molecule has 0 aromatic heterocycles. The number of carbonyl (C=O) groups excluding carboxylic acids is 2. The van der Waals surface area contributed by atoms with Crippen LogP contribution in [-0.4, -0.2) is 61.2 Å². The molecule has 0 fully saturated rings. The summed E-state index contributed by atoms with van der Waals surface area (Å²) in [7, 11) is 0. The third kappa shape index (κ3) is 19.4. The van der Waals surface area contributed by atoms with Crippen molar-refractivity contribution < 1.29 is 14.7 Å². The quantitative estimate of drug-likeness (QED) is 0.201. The number of rotatable bonds is 21. The van der Waals surface area contributed by atoms with Crippen molar-refractivity contribution >= 4 is 11.8 Å². The molecule has 0 aliphatic rings. The van der Waals surface area contributed by atoms with Crippen LogP contribution < -0.4 is 10.6 Å². The minimum absolute atomic E-state index is 0.0930. The minimum Gasteiger partial charge on any atom is -0.396 e. The summed E-state index contributed by atoms with van der Waals surface area (Å²) in [6.07, 6.45) is 13.8. The third-order valence-electron chi connectivity index (χ3n) is 4.76. The molecule has 0 saturated carbocycles. The lowest BCUT2D eigenvalue weighted by Crippen LogP contribution is -2.40. The van der Waals surface area contributed by atoms with Gasteiger partial charge < -0.3 is 15.7 Å². The molecule has 0 unspecified atom stereocenters. The Morgan fingerprint density at radius 1 is 0.724 bits per heavy atom. The Kier molecular flexibility index (Phi) is 19.9. The smallest absolute Gasteiger partial charge is 0.220 e. The Bertz CT molecular complexity index is 405. The summed E-state index contributed by atoms with van der Waals surface area (Å²) in [5.41, 5.74) is 0. The van der Waals surface area contributed by atoms with Crippen molar-refractivity contribution in [1.29, 1.82) is 0 Å². The van der Waals surface area contributed by atoms with E-state index in [4.69, 9.17) is 5.11 Å². The van der Waals surface area contributed by atoms with Crippen LogP contribution in [0, 0.1) is 0 Å². The summed E-state index contributed by atoms with van der Waals surface area (Å²) >= 11 is 0. The number of hydrogen-bond acceptors (Lipinski definition) is 4. The van der Waals surface area contributed by atoms with Crippen LogP contribution >= 0.6 is 0 Å². The average Bonchev–Trinajstić information content (AvgIpc) is 2.71. The van der Waals surface area contributed by atoms with E-state index in [1.807, 2.05) is 12.2 Å². The summed E-state index contributed by atoms with van der Waals surface area (Å²) in [5.74, 6) is 0.186. The van der Waals surface area contributed by atoms with Crippen molar-refractivity contribution in [3.05, 3.63) is 25.3 Å². The molecule has 168 valence electrons. The zero-order valence-corrected chi connectivity index (χ0v) is 18.3. The molecule has 0 saturated heterocycles. The Morgan fingerprint density at radius 3 is 1.62 bits per heavy atom. The van der Waals surface area contributed by atoms with E-state index in [2.05, 4.69) is 28.7 Å². The summed E-state index contributed by atoms with van der Waals surface area (Å²) in [5, 5.41) is 15.0. The molecule has 0 aliphatic heterocycles. The van der Waals surface area contributed by atoms with E-state index in [1.54, 1.807) is 0 Å². The summed E-state index contributed by atoms with van der Waals surface area (Å²) in [6, 6.07) is 0. The molecule has 6 nitrogen and oxygen atoms in total. The molecule has 0 aromatic rings. The zero-order chi connectivity index (χ0) is 21.6. The number of allylic oxidation sites excluding steroid dienone is 2. The van der Waals surface area contributed by atoms with E-state index in [-0.39, 0.29) is 18.4 Å². The zero-order valence-electron chi connectivity index (χ0n) is 18.3. The van der Waals surface area contributed by atoms with Gasteiger partial charge in [0.1, 0.15) is 0 Å². The first-order valence-electron chi connectivity index (χ1n) is 11.2. The number of amides is 2. The van der Waals surface area contributed by atoms with Crippen LogP contribution in [0.4, 0.5) is 0 Å². The van der Waals surface area contributed by atoms with Crippen molar-refractivity contribution in [2.45, 2.75) is 70.6 Å². The van der Waals surface area contributed by atoms with Crippen LogP contribution in [0.15, 0.2) is 25.3 Å². The monoisotopic (exact) mass is 409 g/mol. The van der Waals surface area contributed by atoms with Gasteiger partial charge in [-0.3, -0.25) is 14.5 Å². The highest BCUT2D eigenvalue weighted by molar-refractivity contribution is 5.76. The second-order valence-electron chi connectivity index (χ2n) is 7.39. The Morgan fingerprint density at radius 2 is 1.21 bits per heavy atom. The number of nitrogens with zero attached hydrogens (tertiary/aromatic N) is 1. The maximum absolute atomic E-state index is 11.9. The fraction of sp³-hybridized carbons (Fsp3) is 0.739. The van der Waals surface area contributed by atoms with Crippen molar-refractivity contribution in [2.24, 2.45) is 0 Å². The van der Waals surface area contributed by atoms with E-state index < -0.39 is 0 Å². The highest BCUT2D eigenvalue weighted by Gasteiger charge is 2.07. The van der Waals surface area contributed by atoms with Crippen LogP contribution in [0.5, 0.6) is 0 Å². The average molecular weight is 410 g/mol. The second kappa shape index (κ2) is 21.1. The number of aliphatic hydroxyl groups is 1. The lowest BCUT2D eigenvalue weighted by molar-refractivity contribution is -0.121. The van der Waals surface area contributed by atoms with Crippen LogP contribution in [0.25, 0.3) is 0 Å². The van der Waals surface area contributed by atoms with Gasteiger partial charge in [0.25, 0.3) is 0 Å². The number of carbonyl (C=O) groups is 2. The Hall–Kier alpha value is -1.66. The summed E-state index contributed by atoms with van der Waals surface area (Å²) in [4.78, 5) is 25.9. The van der Waals surface area contributed by atoms with Crippen molar-refractivity contribution in [3.63, 3.8) is 0 Å². The number of nitrogens with one attached hydrogen (secondary N) is 2. The standard InChI is InChI=1S/C23H43N3O3/c1-3-5-7-9-11-14-22(28)24-16-19-26(18-13-21-27)20-17-25-23(29)15-12-10-8-6-4-2/h3-4,27H,1-2,5-21H2,(H,24,28)(H,25,29).